The van der Waals surface area contributed by atoms with Gasteiger partial charge in [-0.3, -0.25) is 4.99 Å². The fraction of sp³-hybridized carbons (Fsp3) is 0.471. The van der Waals surface area contributed by atoms with Crippen LogP contribution >= 0.6 is 0 Å². The van der Waals surface area contributed by atoms with Gasteiger partial charge >= 0.3 is 0 Å². The van der Waals surface area contributed by atoms with E-state index in [-0.39, 0.29) is 0 Å². The fourth-order valence-corrected chi connectivity index (χ4v) is 3.18. The Morgan fingerprint density at radius 3 is 2.20 bits per heavy atom. The van der Waals surface area contributed by atoms with Crippen LogP contribution in [0.25, 0.3) is 6.08 Å². The molecule has 0 N–H and O–H groups in total. The monoisotopic (exact) mass is 266 g/mol. The first-order chi connectivity index (χ1) is 9.42. The summed E-state index contributed by atoms with van der Waals surface area (Å²) in [6.45, 7) is 12.8. The van der Waals surface area contributed by atoms with Gasteiger partial charge < -0.3 is 4.48 Å². The van der Waals surface area contributed by atoms with Crippen molar-refractivity contribution in [1.82, 2.24) is 4.48 Å². The molecule has 0 bridgehead atoms. The van der Waals surface area contributed by atoms with E-state index in [9.17, 15) is 0 Å². The standard InChI is InChI=1S/C17H23BN2/c1-7-14-10(3)16(19-12(14)5)9-17-11(4)15(8-2)13(6)20(17)18/h9H,7-8H2,1-6H3/b16-9-. The van der Waals surface area contributed by atoms with E-state index in [0.29, 0.717) is 0 Å². The Bertz CT molecular complexity index is 642. The minimum atomic E-state index is 1.01. The van der Waals surface area contributed by atoms with Crippen molar-refractivity contribution in [1.29, 1.82) is 0 Å². The lowest BCUT2D eigenvalue weighted by molar-refractivity contribution is 1.06. The molecule has 0 amide bonds. The Morgan fingerprint density at radius 1 is 1.10 bits per heavy atom. The van der Waals surface area contributed by atoms with Gasteiger partial charge in [0.25, 0.3) is 0 Å². The first-order valence-electron chi connectivity index (χ1n) is 7.35. The molecule has 0 saturated carbocycles. The van der Waals surface area contributed by atoms with Crippen LogP contribution in [-0.4, -0.2) is 18.2 Å². The number of aliphatic imine (C=N–C) groups is 1. The Morgan fingerprint density at radius 2 is 1.75 bits per heavy atom. The molecule has 0 spiro atoms. The van der Waals surface area contributed by atoms with Crippen molar-refractivity contribution in [2.45, 2.75) is 54.4 Å². The molecule has 0 unspecified atom stereocenters. The van der Waals surface area contributed by atoms with E-state index >= 15 is 0 Å². The molecule has 2 heterocycles. The normalized spacial score (nSPS) is 17.3. The Hall–Kier alpha value is -1.51. The Kier molecular flexibility index (Phi) is 4.07. The van der Waals surface area contributed by atoms with Crippen molar-refractivity contribution in [2.24, 2.45) is 4.99 Å². The summed E-state index contributed by atoms with van der Waals surface area (Å²) in [5, 5.41) is 0. The van der Waals surface area contributed by atoms with Crippen molar-refractivity contribution in [3.63, 3.8) is 0 Å². The molecular formula is C17H23BN2. The summed E-state index contributed by atoms with van der Waals surface area (Å²) in [7, 11) is 6.21. The van der Waals surface area contributed by atoms with Gasteiger partial charge in [0.1, 0.15) is 0 Å². The summed E-state index contributed by atoms with van der Waals surface area (Å²) in [5.41, 5.74) is 9.65. The second kappa shape index (κ2) is 5.47. The van der Waals surface area contributed by atoms with Crippen LogP contribution in [0.4, 0.5) is 0 Å². The van der Waals surface area contributed by atoms with Crippen molar-refractivity contribution in [3.8, 4) is 0 Å². The van der Waals surface area contributed by atoms with Crippen molar-refractivity contribution < 1.29 is 0 Å². The van der Waals surface area contributed by atoms with Crippen LogP contribution in [0.5, 0.6) is 0 Å². The largest absolute Gasteiger partial charge is 0.401 e. The second-order valence-electron chi connectivity index (χ2n) is 5.48. The van der Waals surface area contributed by atoms with Crippen LogP contribution in [0.2, 0.25) is 0 Å². The predicted molar refractivity (Wildman–Crippen MR) is 88.5 cm³/mol. The van der Waals surface area contributed by atoms with Gasteiger partial charge in [0.15, 0.2) is 0 Å². The highest BCUT2D eigenvalue weighted by molar-refractivity contribution is 6.09. The SMILES string of the molecule is [B]n1c(C)c(CC)c(C)c1/C=C1\N=C(C)C(CC)=C1C. The number of nitrogens with zero attached hydrogens (tertiary/aromatic N) is 2. The first kappa shape index (κ1) is 14.9. The van der Waals surface area contributed by atoms with Crippen LogP contribution in [0, 0.1) is 13.8 Å². The molecule has 104 valence electrons. The van der Waals surface area contributed by atoms with Crippen LogP contribution in [0.3, 0.4) is 0 Å². The highest BCUT2D eigenvalue weighted by Gasteiger charge is 2.18. The lowest BCUT2D eigenvalue weighted by Crippen LogP contribution is -1.98. The number of aromatic nitrogens is 1. The van der Waals surface area contributed by atoms with E-state index in [1.807, 2.05) is 0 Å². The predicted octanol–water partition coefficient (Wildman–Crippen LogP) is 4.14. The van der Waals surface area contributed by atoms with Gasteiger partial charge in [-0.2, -0.15) is 0 Å². The maximum absolute atomic E-state index is 6.21. The van der Waals surface area contributed by atoms with E-state index in [4.69, 9.17) is 13.0 Å². The zero-order chi connectivity index (χ0) is 15.0. The second-order valence-corrected chi connectivity index (χ2v) is 5.48. The molecular weight excluding hydrogens is 243 g/mol. The molecule has 0 atom stereocenters. The topological polar surface area (TPSA) is 17.3 Å². The molecule has 1 aliphatic heterocycles. The lowest BCUT2D eigenvalue weighted by atomic mass is 10.0. The Labute approximate surface area is 123 Å². The van der Waals surface area contributed by atoms with Crippen molar-refractivity contribution >= 4 is 19.8 Å². The summed E-state index contributed by atoms with van der Waals surface area (Å²) in [6, 6.07) is 0. The van der Waals surface area contributed by atoms with Crippen molar-refractivity contribution in [3.05, 3.63) is 39.4 Å². The average molecular weight is 266 g/mol. The maximum atomic E-state index is 6.21. The molecule has 0 fully saturated rings. The molecule has 1 aromatic heterocycles. The van der Waals surface area contributed by atoms with E-state index in [2.05, 4.69) is 47.6 Å². The Balaban J connectivity index is 2.57. The van der Waals surface area contributed by atoms with Gasteiger partial charge in [-0.1, -0.05) is 13.8 Å². The van der Waals surface area contributed by atoms with Gasteiger partial charge in [-0.05, 0) is 68.9 Å². The van der Waals surface area contributed by atoms with E-state index < -0.39 is 0 Å². The zero-order valence-corrected chi connectivity index (χ0v) is 13.5. The number of hydrogen-bond acceptors (Lipinski definition) is 1. The number of rotatable bonds is 3. The minimum Gasteiger partial charge on any atom is -0.401 e. The highest BCUT2D eigenvalue weighted by Crippen LogP contribution is 2.31. The third-order valence-corrected chi connectivity index (χ3v) is 4.44. The molecule has 2 radical (unpaired) electrons. The van der Waals surface area contributed by atoms with Crippen molar-refractivity contribution in [2.75, 3.05) is 0 Å². The smallest absolute Gasteiger partial charge is 0.234 e. The third-order valence-electron chi connectivity index (χ3n) is 4.44. The molecule has 0 aromatic carbocycles. The first-order valence-corrected chi connectivity index (χ1v) is 7.35. The van der Waals surface area contributed by atoms with E-state index in [0.717, 1.165) is 35.6 Å². The molecule has 1 aliphatic rings. The van der Waals surface area contributed by atoms with Crippen LogP contribution in [0.15, 0.2) is 21.8 Å². The summed E-state index contributed by atoms with van der Waals surface area (Å²) in [4.78, 5) is 4.70. The van der Waals surface area contributed by atoms with Crippen LogP contribution in [0.1, 0.15) is 56.6 Å². The van der Waals surface area contributed by atoms with Gasteiger partial charge in [0, 0.05) is 17.1 Å². The molecule has 0 saturated heterocycles. The third kappa shape index (κ3) is 2.19. The number of hydrogen-bond donors (Lipinski definition) is 0. The molecule has 1 aromatic rings. The molecule has 2 rings (SSSR count). The van der Waals surface area contributed by atoms with E-state index in [1.165, 1.54) is 22.3 Å². The average Bonchev–Trinajstić information content (AvgIpc) is 2.79. The molecule has 3 heteroatoms. The van der Waals surface area contributed by atoms with Crippen LogP contribution < -0.4 is 0 Å². The van der Waals surface area contributed by atoms with Gasteiger partial charge in [-0.15, -0.1) is 0 Å². The maximum Gasteiger partial charge on any atom is 0.234 e. The van der Waals surface area contributed by atoms with Gasteiger partial charge in [0.2, 0.25) is 7.98 Å². The zero-order valence-electron chi connectivity index (χ0n) is 13.5. The summed E-state index contributed by atoms with van der Waals surface area (Å²) in [6.07, 6.45) is 4.17. The molecule has 20 heavy (non-hydrogen) atoms. The minimum absolute atomic E-state index is 1.01. The highest BCUT2D eigenvalue weighted by atomic mass is 14.9. The molecule has 0 aliphatic carbocycles. The summed E-state index contributed by atoms with van der Waals surface area (Å²) < 4.78 is 1.79. The van der Waals surface area contributed by atoms with Gasteiger partial charge in [-0.25, -0.2) is 0 Å². The quantitative estimate of drug-likeness (QED) is 0.731. The van der Waals surface area contributed by atoms with Gasteiger partial charge in [0.05, 0.1) is 5.70 Å². The summed E-state index contributed by atoms with van der Waals surface area (Å²) in [5.74, 6) is 0. The van der Waals surface area contributed by atoms with E-state index in [1.54, 1.807) is 4.48 Å². The molecule has 2 nitrogen and oxygen atoms in total. The lowest BCUT2D eigenvalue weighted by Gasteiger charge is -2.04. The summed E-state index contributed by atoms with van der Waals surface area (Å²) >= 11 is 0. The number of allylic oxidation sites excluding steroid dienone is 2. The van der Waals surface area contributed by atoms with Crippen LogP contribution in [-0.2, 0) is 6.42 Å². The fourth-order valence-electron chi connectivity index (χ4n) is 3.18.